The van der Waals surface area contributed by atoms with Gasteiger partial charge in [-0.2, -0.15) is 0 Å². The van der Waals surface area contributed by atoms with E-state index in [9.17, 15) is 9.59 Å². The lowest BCUT2D eigenvalue weighted by atomic mass is 9.84. The highest BCUT2D eigenvalue weighted by atomic mass is 32.2. The van der Waals surface area contributed by atoms with Crippen LogP contribution < -0.4 is 4.90 Å². The molecule has 0 spiro atoms. The molecule has 5 rings (SSSR count). The summed E-state index contributed by atoms with van der Waals surface area (Å²) in [5.74, 6) is -0.460. The summed E-state index contributed by atoms with van der Waals surface area (Å²) in [6, 6.07) is 19.6. The lowest BCUT2D eigenvalue weighted by Gasteiger charge is -2.38. The number of imide groups is 1. The Bertz CT molecular complexity index is 1330. The molecule has 2 aliphatic heterocycles. The number of rotatable bonds is 5. The highest BCUT2D eigenvalue weighted by Crippen LogP contribution is 2.53. The number of hydrogen-bond donors (Lipinski definition) is 0. The third kappa shape index (κ3) is 4.19. The van der Waals surface area contributed by atoms with Crippen LogP contribution in [0.5, 0.6) is 0 Å². The van der Waals surface area contributed by atoms with Crippen molar-refractivity contribution in [2.24, 2.45) is 5.41 Å². The highest BCUT2D eigenvalue weighted by molar-refractivity contribution is 7.99. The van der Waals surface area contributed by atoms with Crippen molar-refractivity contribution in [1.29, 1.82) is 0 Å². The van der Waals surface area contributed by atoms with Crippen molar-refractivity contribution < 1.29 is 14.0 Å². The molecule has 1 unspecified atom stereocenters. The molecule has 0 N–H and O–H groups in total. The number of fused-ring (bicyclic) bond motifs is 3. The Labute approximate surface area is 219 Å². The minimum Gasteiger partial charge on any atom is -0.413 e. The Kier molecular flexibility index (Phi) is 6.35. The molecule has 2 aliphatic rings. The normalized spacial score (nSPS) is 15.8. The molecule has 0 saturated heterocycles. The van der Waals surface area contributed by atoms with Gasteiger partial charge in [0.05, 0.1) is 35.2 Å². The molecule has 0 fully saturated rings. The number of anilines is 2. The Balaban J connectivity index is 1.55. The molecule has 3 aromatic rings. The fourth-order valence-corrected chi connectivity index (χ4v) is 7.48. The lowest BCUT2D eigenvalue weighted by molar-refractivity contribution is 0.0641. The highest BCUT2D eigenvalue weighted by Gasteiger charge is 2.37. The van der Waals surface area contributed by atoms with Crippen LogP contribution in [0, 0.1) is 5.41 Å². The monoisotopic (exact) mass is 516 g/mol. The van der Waals surface area contributed by atoms with E-state index in [4.69, 9.17) is 4.43 Å². The van der Waals surface area contributed by atoms with Gasteiger partial charge in [0, 0.05) is 16.8 Å². The number of nitrogens with zero attached hydrogens (tertiary/aromatic N) is 2. The van der Waals surface area contributed by atoms with Crippen molar-refractivity contribution in [3.05, 3.63) is 82.9 Å². The van der Waals surface area contributed by atoms with Gasteiger partial charge in [0.1, 0.15) is 0 Å². The van der Waals surface area contributed by atoms with E-state index in [1.807, 2.05) is 12.1 Å². The van der Waals surface area contributed by atoms with Crippen molar-refractivity contribution in [1.82, 2.24) is 4.90 Å². The van der Waals surface area contributed by atoms with E-state index in [0.717, 1.165) is 21.8 Å². The van der Waals surface area contributed by atoms with Crippen molar-refractivity contribution in [3.63, 3.8) is 0 Å². The summed E-state index contributed by atoms with van der Waals surface area (Å²) in [5, 5.41) is 0. The van der Waals surface area contributed by atoms with Crippen LogP contribution in [0.25, 0.3) is 0 Å². The number of carbonyl (C=O) groups is 2. The summed E-state index contributed by atoms with van der Waals surface area (Å²) in [6.45, 7) is 11.4. The number of carbonyl (C=O) groups excluding carboxylic acids is 2. The molecule has 2 heterocycles. The number of amides is 2. The van der Waals surface area contributed by atoms with E-state index in [-0.39, 0.29) is 29.9 Å². The fraction of sp³-hybridized carbons (Fsp3) is 0.310. The molecule has 0 bridgehead atoms. The van der Waals surface area contributed by atoms with Gasteiger partial charge in [-0.05, 0) is 53.9 Å². The first-order valence-corrected chi connectivity index (χ1v) is 15.9. The summed E-state index contributed by atoms with van der Waals surface area (Å²) < 4.78 is 6.60. The van der Waals surface area contributed by atoms with Gasteiger partial charge in [0.25, 0.3) is 11.8 Å². The Morgan fingerprint density at radius 2 is 1.44 bits per heavy atom. The quantitative estimate of drug-likeness (QED) is 0.276. The SMILES string of the molecule is CN1c2cccc(CN3C(=O)c4ccccc4C3=O)c2Sc2c(C(O[SiH](C)C)C(C)(C)C)cccc21. The van der Waals surface area contributed by atoms with Crippen molar-refractivity contribution >= 4 is 44.0 Å². The van der Waals surface area contributed by atoms with Gasteiger partial charge < -0.3 is 9.33 Å². The second kappa shape index (κ2) is 9.21. The molecule has 0 radical (unpaired) electrons. The third-order valence-corrected chi connectivity index (χ3v) is 8.85. The van der Waals surface area contributed by atoms with Crippen LogP contribution in [0.4, 0.5) is 11.4 Å². The second-order valence-electron chi connectivity index (χ2n) is 10.8. The molecular weight excluding hydrogens is 484 g/mol. The molecule has 0 aliphatic carbocycles. The van der Waals surface area contributed by atoms with Crippen LogP contribution in [0.2, 0.25) is 13.1 Å². The van der Waals surface area contributed by atoms with Crippen LogP contribution in [-0.4, -0.2) is 32.8 Å². The third-order valence-electron chi connectivity index (χ3n) is 6.71. The van der Waals surface area contributed by atoms with Crippen LogP contribution in [0.1, 0.15) is 58.7 Å². The smallest absolute Gasteiger partial charge is 0.261 e. The van der Waals surface area contributed by atoms with E-state index in [0.29, 0.717) is 11.1 Å². The zero-order chi connectivity index (χ0) is 25.8. The molecule has 7 heteroatoms. The van der Waals surface area contributed by atoms with Crippen LogP contribution in [0.3, 0.4) is 0 Å². The first-order chi connectivity index (χ1) is 17.1. The summed E-state index contributed by atoms with van der Waals surface area (Å²) in [5.41, 5.74) is 5.27. The molecule has 1 atom stereocenters. The molecular formula is C29H32N2O3SSi. The van der Waals surface area contributed by atoms with Crippen LogP contribution in [0.15, 0.2) is 70.5 Å². The van der Waals surface area contributed by atoms with Gasteiger partial charge >= 0.3 is 0 Å². The molecule has 0 saturated carbocycles. The molecule has 3 aromatic carbocycles. The first-order valence-electron chi connectivity index (χ1n) is 12.3. The summed E-state index contributed by atoms with van der Waals surface area (Å²) in [6.07, 6.45) is -0.0232. The van der Waals surface area contributed by atoms with Gasteiger partial charge in [-0.3, -0.25) is 14.5 Å². The largest absolute Gasteiger partial charge is 0.413 e. The van der Waals surface area contributed by atoms with Gasteiger partial charge in [-0.1, -0.05) is 68.9 Å². The Morgan fingerprint density at radius 1 is 0.861 bits per heavy atom. The number of benzene rings is 3. The average molecular weight is 517 g/mol. The predicted octanol–water partition coefficient (Wildman–Crippen LogP) is 6.80. The van der Waals surface area contributed by atoms with Crippen molar-refractivity contribution in [2.75, 3.05) is 11.9 Å². The lowest BCUT2D eigenvalue weighted by Crippen LogP contribution is -2.30. The van der Waals surface area contributed by atoms with E-state index in [2.05, 4.69) is 70.1 Å². The molecule has 186 valence electrons. The molecule has 0 aromatic heterocycles. The van der Waals surface area contributed by atoms with Gasteiger partial charge in [-0.25, -0.2) is 0 Å². The Morgan fingerprint density at radius 3 is 2.03 bits per heavy atom. The van der Waals surface area contributed by atoms with Crippen molar-refractivity contribution in [2.45, 2.75) is 56.3 Å². The minimum atomic E-state index is -1.30. The minimum absolute atomic E-state index is 0.0232. The van der Waals surface area contributed by atoms with Gasteiger partial charge in [0.2, 0.25) is 0 Å². The summed E-state index contributed by atoms with van der Waals surface area (Å²) in [4.78, 5) is 32.0. The second-order valence-corrected chi connectivity index (χ2v) is 14.2. The average Bonchev–Trinajstić information content (AvgIpc) is 3.07. The first kappa shape index (κ1) is 24.8. The maximum atomic E-state index is 13.1. The van der Waals surface area contributed by atoms with Gasteiger partial charge in [0.15, 0.2) is 9.04 Å². The van der Waals surface area contributed by atoms with E-state index >= 15 is 0 Å². The zero-order valence-corrected chi connectivity index (χ0v) is 23.6. The molecule has 5 nitrogen and oxygen atoms in total. The van der Waals surface area contributed by atoms with Gasteiger partial charge in [-0.15, -0.1) is 0 Å². The maximum Gasteiger partial charge on any atom is 0.261 e. The Hall–Kier alpha value is -2.87. The molecule has 2 amide bonds. The topological polar surface area (TPSA) is 49.9 Å². The standard InChI is InChI=1S/C29H32N2O3SSi/c1-29(2,3)26(34-36(5)6)21-14-10-16-23-25(21)35-24-18(11-9-15-22(24)30(23)4)17-31-27(32)19-12-7-8-13-20(19)28(31)33/h7-16,26,36H,17H2,1-6H3. The maximum absolute atomic E-state index is 13.1. The van der Waals surface area contributed by atoms with E-state index in [1.165, 1.54) is 15.4 Å². The number of hydrogen-bond acceptors (Lipinski definition) is 5. The van der Waals surface area contributed by atoms with E-state index < -0.39 is 9.04 Å². The summed E-state index contributed by atoms with van der Waals surface area (Å²) in [7, 11) is 0.782. The predicted molar refractivity (Wildman–Crippen MR) is 148 cm³/mol. The van der Waals surface area contributed by atoms with Crippen LogP contribution >= 0.6 is 11.8 Å². The summed E-state index contributed by atoms with van der Waals surface area (Å²) >= 11 is 1.73. The zero-order valence-electron chi connectivity index (χ0n) is 21.7. The van der Waals surface area contributed by atoms with E-state index in [1.54, 1.807) is 36.0 Å². The fourth-order valence-electron chi connectivity index (χ4n) is 5.00. The molecule has 36 heavy (non-hydrogen) atoms. The van der Waals surface area contributed by atoms with Crippen molar-refractivity contribution in [3.8, 4) is 0 Å². The van der Waals surface area contributed by atoms with Crippen LogP contribution in [-0.2, 0) is 11.0 Å².